The quantitative estimate of drug-likeness (QED) is 0.274. The first-order chi connectivity index (χ1) is 26.6. The van der Waals surface area contributed by atoms with E-state index in [2.05, 4.69) is 43.8 Å². The fourth-order valence-electron chi connectivity index (χ4n) is 9.86. The second kappa shape index (κ2) is 16.4. The van der Waals surface area contributed by atoms with Crippen LogP contribution in [0.4, 0.5) is 10.5 Å². The molecule has 2 aliphatic carbocycles. The molecule has 0 aromatic heterocycles. The van der Waals surface area contributed by atoms with Gasteiger partial charge in [0.2, 0.25) is 0 Å². The highest BCUT2D eigenvalue weighted by atomic mass is 35.5. The number of rotatable bonds is 4. The standard InChI is InChI=1S/C42H55ClN5O6S/c1-27-6-4-8-37(53-3)34-12-9-30(34)22-48-25-42(17-5-7-28-20-31(43)11-13-35(28)42)26-54-38-14-10-29(21-36(38)48)39(49)45-55(51)40(27)44-41(50)47-23-32(24-47)46-18-15-33(52-2)16-19-46/h4,8,10-11,13-14,20-21,27,30,32-34,37,40H,5-7,9,12,15-19,22-26H2,1-3H3,(H,44,50)/q-1/b8-4+/t27-,30-,34+,37-,40?,42-/m0/s1. The lowest BCUT2D eigenvalue weighted by atomic mass is 9.68. The molecule has 0 radical (unpaired) electrons. The summed E-state index contributed by atoms with van der Waals surface area (Å²) in [6, 6.07) is 11.7. The van der Waals surface area contributed by atoms with Gasteiger partial charge >= 0.3 is 6.03 Å². The molecule has 55 heavy (non-hydrogen) atoms. The summed E-state index contributed by atoms with van der Waals surface area (Å²) in [6.45, 7) is 7.14. The van der Waals surface area contributed by atoms with Gasteiger partial charge in [0.15, 0.2) is 0 Å². The summed E-state index contributed by atoms with van der Waals surface area (Å²) in [5, 5.41) is 2.92. The van der Waals surface area contributed by atoms with E-state index in [1.807, 2.05) is 25.1 Å². The lowest BCUT2D eigenvalue weighted by molar-refractivity contribution is -0.00532. The first kappa shape index (κ1) is 38.7. The number of nitrogens with zero attached hydrogens (tertiary/aromatic N) is 4. The van der Waals surface area contributed by atoms with Crippen LogP contribution in [-0.4, -0.2) is 105 Å². The van der Waals surface area contributed by atoms with Crippen LogP contribution in [0.15, 0.2) is 52.9 Å². The van der Waals surface area contributed by atoms with Gasteiger partial charge in [-0.15, -0.1) is 0 Å². The number of nitrogens with one attached hydrogen (secondary N) is 1. The number of urea groups is 1. The van der Waals surface area contributed by atoms with Crippen LogP contribution >= 0.6 is 11.6 Å². The fraction of sp³-hybridized carbons (Fsp3) is 0.619. The van der Waals surface area contributed by atoms with Crippen molar-refractivity contribution in [3.05, 3.63) is 70.3 Å². The van der Waals surface area contributed by atoms with Crippen LogP contribution in [0.2, 0.25) is 5.02 Å². The van der Waals surface area contributed by atoms with Crippen LogP contribution in [0.5, 0.6) is 5.75 Å². The molecule has 6 atom stereocenters. The van der Waals surface area contributed by atoms with Crippen molar-refractivity contribution >= 4 is 39.8 Å². The molecule has 11 nitrogen and oxygen atoms in total. The van der Waals surface area contributed by atoms with E-state index in [1.54, 1.807) is 25.2 Å². The maximum atomic E-state index is 14.1. The molecule has 2 aromatic carbocycles. The van der Waals surface area contributed by atoms with Crippen molar-refractivity contribution in [3.63, 3.8) is 0 Å². The van der Waals surface area contributed by atoms with Crippen LogP contribution in [0.1, 0.15) is 73.4 Å². The van der Waals surface area contributed by atoms with Gasteiger partial charge in [-0.2, -0.15) is 10.6 Å². The molecule has 4 heterocycles. The SMILES string of the molecule is COC1CCN(C2CN(C(=O)NC3[C@@H](C)C/C=C/[C@H](OC)[C@@H]4CC[C@H]4CN4C[C@@]5(CCCc6cc(Cl)ccc65)COc5ccc(cc54)C(=O)N=[S-]3=O)C2)CC1. The Morgan fingerprint density at radius 3 is 2.62 bits per heavy atom. The minimum absolute atomic E-state index is 0.0730. The number of hydrogen-bond donors (Lipinski definition) is 1. The molecular formula is C42H55ClN5O6S-. The average Bonchev–Trinajstić information content (AvgIpc) is 3.30. The lowest BCUT2D eigenvalue weighted by Gasteiger charge is -2.48. The number of aryl methyl sites for hydroxylation is 1. The number of carbonyl (C=O) groups is 2. The minimum Gasteiger partial charge on any atom is -0.490 e. The summed E-state index contributed by atoms with van der Waals surface area (Å²) in [7, 11) is 1.50. The molecule has 2 saturated heterocycles. The molecule has 298 valence electrons. The van der Waals surface area contributed by atoms with Crippen molar-refractivity contribution in [2.45, 2.75) is 87.3 Å². The van der Waals surface area contributed by atoms with Crippen molar-refractivity contribution in [3.8, 4) is 5.75 Å². The summed E-state index contributed by atoms with van der Waals surface area (Å²) in [5.74, 6) is 0.605. The topological polar surface area (TPSA) is 113 Å². The maximum Gasteiger partial charge on any atom is 0.316 e. The molecule has 13 heteroatoms. The molecule has 3 amide bonds. The van der Waals surface area contributed by atoms with Crippen LogP contribution in [0.25, 0.3) is 0 Å². The van der Waals surface area contributed by atoms with Crippen molar-refractivity contribution in [2.75, 3.05) is 65.0 Å². The Bertz CT molecular complexity index is 1870. The Hall–Kier alpha value is -3.16. The molecular weight excluding hydrogens is 738 g/mol. The molecule has 3 fully saturated rings. The monoisotopic (exact) mass is 792 g/mol. The van der Waals surface area contributed by atoms with Crippen molar-refractivity contribution in [2.24, 2.45) is 22.1 Å². The first-order valence-electron chi connectivity index (χ1n) is 20.1. The highest BCUT2D eigenvalue weighted by molar-refractivity contribution is 7.75. The van der Waals surface area contributed by atoms with E-state index in [9.17, 15) is 13.8 Å². The molecule has 6 aliphatic rings. The number of fused-ring (bicyclic) bond motifs is 4. The Labute approximate surface area is 332 Å². The van der Waals surface area contributed by atoms with Gasteiger partial charge in [0.1, 0.15) is 5.75 Å². The smallest absolute Gasteiger partial charge is 0.316 e. The number of carbonyl (C=O) groups excluding carboxylic acids is 2. The predicted octanol–water partition coefficient (Wildman–Crippen LogP) is 6.57. The lowest BCUT2D eigenvalue weighted by Crippen LogP contribution is -2.65. The van der Waals surface area contributed by atoms with Crippen molar-refractivity contribution in [1.82, 2.24) is 15.1 Å². The molecule has 1 N–H and O–H groups in total. The number of piperidine rings is 1. The first-order valence-corrected chi connectivity index (χ1v) is 21.7. The number of ether oxygens (including phenoxy) is 3. The van der Waals surface area contributed by atoms with Crippen LogP contribution in [-0.2, 0) is 36.1 Å². The van der Waals surface area contributed by atoms with Gasteiger partial charge in [0.25, 0.3) is 5.91 Å². The number of likely N-dealkylation sites (tertiary alicyclic amines) is 2. The average molecular weight is 793 g/mol. The zero-order chi connectivity index (χ0) is 38.3. The number of halogens is 1. The zero-order valence-corrected chi connectivity index (χ0v) is 33.9. The third-order valence-corrected chi connectivity index (χ3v) is 15.0. The normalized spacial score (nSPS) is 31.6. The van der Waals surface area contributed by atoms with Gasteiger partial charge in [0.05, 0.1) is 24.5 Å². The molecule has 2 aromatic rings. The van der Waals surface area contributed by atoms with E-state index < -0.39 is 21.9 Å². The summed E-state index contributed by atoms with van der Waals surface area (Å²) in [5.41, 5.74) is 3.52. The Morgan fingerprint density at radius 2 is 1.87 bits per heavy atom. The number of benzene rings is 2. The van der Waals surface area contributed by atoms with E-state index >= 15 is 0 Å². The van der Waals surface area contributed by atoms with Gasteiger partial charge < -0.3 is 37.9 Å². The summed E-state index contributed by atoms with van der Waals surface area (Å²) in [6.07, 6.45) is 12.1. The molecule has 4 aliphatic heterocycles. The zero-order valence-electron chi connectivity index (χ0n) is 32.3. The molecule has 8 rings (SSSR count). The summed E-state index contributed by atoms with van der Waals surface area (Å²) < 4.78 is 36.6. The number of allylic oxidation sites excluding steroid dienone is 1. The van der Waals surface area contributed by atoms with Crippen molar-refractivity contribution in [1.29, 1.82) is 0 Å². The number of anilines is 1. The third-order valence-electron chi connectivity index (χ3n) is 13.4. The van der Waals surface area contributed by atoms with E-state index in [-0.39, 0.29) is 23.5 Å². The van der Waals surface area contributed by atoms with E-state index in [0.717, 1.165) is 87.6 Å². The van der Waals surface area contributed by atoms with Crippen LogP contribution in [0.3, 0.4) is 0 Å². The van der Waals surface area contributed by atoms with Gasteiger partial charge in [-0.1, -0.05) is 36.7 Å². The van der Waals surface area contributed by atoms with Gasteiger partial charge in [0, 0.05) is 75.5 Å². The molecule has 1 unspecified atom stereocenters. The van der Waals surface area contributed by atoms with Gasteiger partial charge in [-0.05, 0) is 116 Å². The van der Waals surface area contributed by atoms with Crippen molar-refractivity contribution < 1.29 is 28.0 Å². The second-order valence-corrected chi connectivity index (χ2v) is 18.4. The van der Waals surface area contributed by atoms with Crippen LogP contribution < -0.4 is 15.0 Å². The minimum atomic E-state index is -2.03. The highest BCUT2D eigenvalue weighted by Crippen LogP contribution is 2.47. The Morgan fingerprint density at radius 1 is 1.05 bits per heavy atom. The maximum absolute atomic E-state index is 14.1. The Kier molecular flexibility index (Phi) is 11.5. The number of amides is 3. The van der Waals surface area contributed by atoms with Crippen LogP contribution in [0, 0.1) is 17.8 Å². The van der Waals surface area contributed by atoms with E-state index in [1.165, 1.54) is 11.1 Å². The fourth-order valence-corrected chi connectivity index (χ4v) is 11.1. The number of methoxy groups -OCH3 is 2. The highest BCUT2D eigenvalue weighted by Gasteiger charge is 2.44. The molecule has 1 saturated carbocycles. The van der Waals surface area contributed by atoms with E-state index in [0.29, 0.717) is 55.7 Å². The Balaban J connectivity index is 1.07. The summed E-state index contributed by atoms with van der Waals surface area (Å²) in [4.78, 5) is 34.1. The number of hydrogen-bond acceptors (Lipinski definition) is 9. The predicted molar refractivity (Wildman–Crippen MR) is 214 cm³/mol. The molecule has 2 bridgehead atoms. The van der Waals surface area contributed by atoms with E-state index in [4.69, 9.17) is 25.8 Å². The molecule has 1 spiro atoms. The second-order valence-electron chi connectivity index (χ2n) is 16.7. The largest absolute Gasteiger partial charge is 0.490 e. The third kappa shape index (κ3) is 7.91. The van der Waals surface area contributed by atoms with Gasteiger partial charge in [-0.3, -0.25) is 9.69 Å². The summed E-state index contributed by atoms with van der Waals surface area (Å²) >= 11 is 6.47. The van der Waals surface area contributed by atoms with Gasteiger partial charge in [-0.25, -0.2) is 4.79 Å².